The van der Waals surface area contributed by atoms with E-state index in [9.17, 15) is 22.8 Å². The number of hydrogen-bond acceptors (Lipinski definition) is 3. The van der Waals surface area contributed by atoms with E-state index in [1.807, 2.05) is 0 Å². The van der Waals surface area contributed by atoms with E-state index in [0.717, 1.165) is 12.1 Å². The van der Waals surface area contributed by atoms with Crippen molar-refractivity contribution in [1.29, 1.82) is 0 Å². The average molecular weight is 366 g/mol. The van der Waals surface area contributed by atoms with Crippen molar-refractivity contribution in [3.63, 3.8) is 0 Å². The van der Waals surface area contributed by atoms with Crippen molar-refractivity contribution in [1.82, 2.24) is 10.6 Å². The second kappa shape index (κ2) is 8.37. The summed E-state index contributed by atoms with van der Waals surface area (Å²) in [6.07, 6.45) is -4.44. The second-order valence-corrected chi connectivity index (χ2v) is 5.39. The quantitative estimate of drug-likeness (QED) is 0.826. The molecule has 2 aromatic rings. The fraction of sp³-hybridized carbons (Fsp3) is 0.222. The molecule has 0 aromatic heterocycles. The summed E-state index contributed by atoms with van der Waals surface area (Å²) in [4.78, 5) is 23.7. The molecule has 0 saturated heterocycles. The monoisotopic (exact) mass is 366 g/mol. The Morgan fingerprint density at radius 3 is 2.35 bits per heavy atom. The highest BCUT2D eigenvalue weighted by Crippen LogP contribution is 2.29. The van der Waals surface area contributed by atoms with Gasteiger partial charge in [0, 0.05) is 12.1 Å². The lowest BCUT2D eigenvalue weighted by Gasteiger charge is -2.10. The number of alkyl halides is 3. The number of carbonyl (C=O) groups excluding carboxylic acids is 2. The molecule has 2 rings (SSSR count). The molecule has 0 spiro atoms. The highest BCUT2D eigenvalue weighted by Gasteiger charge is 2.30. The fourth-order valence-electron chi connectivity index (χ4n) is 2.13. The SMILES string of the molecule is COc1ccc(C(=O)NCC(=O)NCc2cccc(C(F)(F)F)c2)cc1. The molecule has 0 aliphatic heterocycles. The Bertz CT molecular complexity index is 774. The summed E-state index contributed by atoms with van der Waals surface area (Å²) in [6, 6.07) is 11.0. The number of nitrogens with one attached hydrogen (secondary N) is 2. The van der Waals surface area contributed by atoms with Crippen molar-refractivity contribution in [3.8, 4) is 5.75 Å². The molecule has 2 aromatic carbocycles. The molecule has 0 bridgehead atoms. The van der Waals surface area contributed by atoms with E-state index in [1.54, 1.807) is 24.3 Å². The van der Waals surface area contributed by atoms with E-state index in [4.69, 9.17) is 4.74 Å². The minimum atomic E-state index is -4.44. The van der Waals surface area contributed by atoms with Crippen molar-refractivity contribution in [2.45, 2.75) is 12.7 Å². The Hall–Kier alpha value is -3.03. The molecule has 0 unspecified atom stereocenters. The number of rotatable bonds is 6. The van der Waals surface area contributed by atoms with Crippen LogP contribution in [0.2, 0.25) is 0 Å². The van der Waals surface area contributed by atoms with Crippen molar-refractivity contribution >= 4 is 11.8 Å². The fourth-order valence-corrected chi connectivity index (χ4v) is 2.13. The summed E-state index contributed by atoms with van der Waals surface area (Å²) >= 11 is 0. The summed E-state index contributed by atoms with van der Waals surface area (Å²) in [5, 5.41) is 4.90. The average Bonchev–Trinajstić information content (AvgIpc) is 2.64. The molecule has 0 atom stereocenters. The Labute approximate surface area is 148 Å². The van der Waals surface area contributed by atoms with Gasteiger partial charge in [-0.3, -0.25) is 9.59 Å². The molecule has 0 fully saturated rings. The van der Waals surface area contributed by atoms with Crippen LogP contribution in [0.4, 0.5) is 13.2 Å². The van der Waals surface area contributed by atoms with Gasteiger partial charge in [-0.2, -0.15) is 13.2 Å². The molecule has 2 N–H and O–H groups in total. The third kappa shape index (κ3) is 5.51. The Kier molecular flexibility index (Phi) is 6.21. The first kappa shape index (κ1) is 19.3. The zero-order valence-corrected chi connectivity index (χ0v) is 13.9. The maximum atomic E-state index is 12.6. The topological polar surface area (TPSA) is 67.4 Å². The number of ether oxygens (including phenoxy) is 1. The normalized spacial score (nSPS) is 10.9. The predicted octanol–water partition coefficient (Wildman–Crippen LogP) is 2.76. The highest BCUT2D eigenvalue weighted by atomic mass is 19.4. The molecule has 8 heteroatoms. The molecule has 0 heterocycles. The number of carbonyl (C=O) groups is 2. The van der Waals surface area contributed by atoms with Gasteiger partial charge in [-0.1, -0.05) is 12.1 Å². The van der Waals surface area contributed by atoms with Crippen molar-refractivity contribution in [3.05, 3.63) is 65.2 Å². The first-order chi connectivity index (χ1) is 12.3. The molecule has 0 radical (unpaired) electrons. The minimum Gasteiger partial charge on any atom is -0.497 e. The van der Waals surface area contributed by atoms with Gasteiger partial charge in [-0.15, -0.1) is 0 Å². The smallest absolute Gasteiger partial charge is 0.416 e. The van der Waals surface area contributed by atoms with Gasteiger partial charge in [0.15, 0.2) is 0 Å². The van der Waals surface area contributed by atoms with Crippen LogP contribution in [0, 0.1) is 0 Å². The van der Waals surface area contributed by atoms with E-state index in [1.165, 1.54) is 19.2 Å². The van der Waals surface area contributed by atoms with E-state index >= 15 is 0 Å². The summed E-state index contributed by atoms with van der Waals surface area (Å²) < 4.78 is 42.9. The summed E-state index contributed by atoms with van der Waals surface area (Å²) in [6.45, 7) is -0.356. The molecule has 26 heavy (non-hydrogen) atoms. The molecule has 0 aliphatic rings. The van der Waals surface area contributed by atoms with Crippen LogP contribution >= 0.6 is 0 Å². The van der Waals surface area contributed by atoms with Gasteiger partial charge in [-0.25, -0.2) is 0 Å². The van der Waals surface area contributed by atoms with Crippen molar-refractivity contribution < 1.29 is 27.5 Å². The lowest BCUT2D eigenvalue weighted by atomic mass is 10.1. The van der Waals surface area contributed by atoms with Crippen LogP contribution in [-0.4, -0.2) is 25.5 Å². The lowest BCUT2D eigenvalue weighted by molar-refractivity contribution is -0.137. The largest absolute Gasteiger partial charge is 0.497 e. The van der Waals surface area contributed by atoms with Gasteiger partial charge in [0.25, 0.3) is 5.91 Å². The number of halogens is 3. The molecule has 2 amide bonds. The van der Waals surface area contributed by atoms with Crippen LogP contribution in [0.15, 0.2) is 48.5 Å². The Morgan fingerprint density at radius 1 is 1.04 bits per heavy atom. The van der Waals surface area contributed by atoms with Crippen LogP contribution in [0.1, 0.15) is 21.5 Å². The first-order valence-electron chi connectivity index (χ1n) is 7.64. The van der Waals surface area contributed by atoms with E-state index < -0.39 is 23.6 Å². The molecule has 0 saturated carbocycles. The molecular weight excluding hydrogens is 349 g/mol. The van der Waals surface area contributed by atoms with Crippen LogP contribution in [0.5, 0.6) is 5.75 Å². The number of amides is 2. The maximum absolute atomic E-state index is 12.6. The van der Waals surface area contributed by atoms with E-state index in [-0.39, 0.29) is 13.1 Å². The number of hydrogen-bond donors (Lipinski definition) is 2. The summed E-state index contributed by atoms with van der Waals surface area (Å²) in [5.74, 6) is -0.355. The first-order valence-corrected chi connectivity index (χ1v) is 7.64. The Morgan fingerprint density at radius 2 is 1.73 bits per heavy atom. The number of benzene rings is 2. The number of methoxy groups -OCH3 is 1. The highest BCUT2D eigenvalue weighted by molar-refractivity contribution is 5.96. The maximum Gasteiger partial charge on any atom is 0.416 e. The van der Waals surface area contributed by atoms with Gasteiger partial charge in [0.05, 0.1) is 19.2 Å². The standard InChI is InChI=1S/C18H17F3N2O3/c1-26-15-7-5-13(6-8-15)17(25)23-11-16(24)22-10-12-3-2-4-14(9-12)18(19,20)21/h2-9H,10-11H2,1H3,(H,22,24)(H,23,25). The zero-order valence-electron chi connectivity index (χ0n) is 13.9. The van der Waals surface area contributed by atoms with Gasteiger partial charge in [-0.05, 0) is 42.0 Å². The predicted molar refractivity (Wildman–Crippen MR) is 88.6 cm³/mol. The van der Waals surface area contributed by atoms with E-state index in [0.29, 0.717) is 16.9 Å². The van der Waals surface area contributed by atoms with Crippen LogP contribution in [0.25, 0.3) is 0 Å². The third-order valence-electron chi connectivity index (χ3n) is 3.51. The minimum absolute atomic E-state index is 0.0683. The van der Waals surface area contributed by atoms with Gasteiger partial charge < -0.3 is 15.4 Å². The van der Waals surface area contributed by atoms with Gasteiger partial charge >= 0.3 is 6.18 Å². The summed E-state index contributed by atoms with van der Waals surface area (Å²) in [5.41, 5.74) is -0.108. The second-order valence-electron chi connectivity index (χ2n) is 5.39. The summed E-state index contributed by atoms with van der Waals surface area (Å²) in [7, 11) is 1.50. The van der Waals surface area contributed by atoms with E-state index in [2.05, 4.69) is 10.6 Å². The van der Waals surface area contributed by atoms with Crippen LogP contribution in [-0.2, 0) is 17.5 Å². The van der Waals surface area contributed by atoms with Crippen molar-refractivity contribution in [2.24, 2.45) is 0 Å². The van der Waals surface area contributed by atoms with Crippen LogP contribution in [0.3, 0.4) is 0 Å². The molecular formula is C18H17F3N2O3. The Balaban J connectivity index is 1.82. The molecule has 5 nitrogen and oxygen atoms in total. The third-order valence-corrected chi connectivity index (χ3v) is 3.51. The molecule has 138 valence electrons. The lowest BCUT2D eigenvalue weighted by Crippen LogP contribution is -2.36. The van der Waals surface area contributed by atoms with Crippen LogP contribution < -0.4 is 15.4 Å². The molecule has 0 aliphatic carbocycles. The van der Waals surface area contributed by atoms with Gasteiger partial charge in [0.1, 0.15) is 5.75 Å². The zero-order chi connectivity index (χ0) is 19.2. The van der Waals surface area contributed by atoms with Gasteiger partial charge in [0.2, 0.25) is 5.91 Å². The van der Waals surface area contributed by atoms with Crippen molar-refractivity contribution in [2.75, 3.05) is 13.7 Å².